The van der Waals surface area contributed by atoms with Crippen molar-refractivity contribution in [1.82, 2.24) is 15.2 Å². The van der Waals surface area contributed by atoms with Gasteiger partial charge in [0.15, 0.2) is 0 Å². The lowest BCUT2D eigenvalue weighted by molar-refractivity contribution is 0.0685. The number of amides is 2. The second kappa shape index (κ2) is 8.56. The van der Waals surface area contributed by atoms with Gasteiger partial charge in [0, 0.05) is 25.3 Å². The molecule has 1 fully saturated rings. The fourth-order valence-corrected chi connectivity index (χ4v) is 3.37. The third kappa shape index (κ3) is 4.88. The third-order valence-corrected chi connectivity index (χ3v) is 4.82. The number of carboxylic acids is 1. The lowest BCUT2D eigenvalue weighted by Gasteiger charge is -2.22. The Morgan fingerprint density at radius 1 is 1.04 bits per heavy atom. The molecule has 1 aliphatic carbocycles. The lowest BCUT2D eigenvalue weighted by Crippen LogP contribution is -2.42. The average molecular weight is 355 g/mol. The number of benzene rings is 1. The summed E-state index contributed by atoms with van der Waals surface area (Å²) in [6.45, 7) is 0.979. The van der Waals surface area contributed by atoms with Crippen LogP contribution in [0, 0.1) is 0 Å². The van der Waals surface area contributed by atoms with Crippen molar-refractivity contribution in [3.8, 4) is 0 Å². The predicted molar refractivity (Wildman–Crippen MR) is 99.2 cm³/mol. The minimum Gasteiger partial charge on any atom is -0.477 e. The molecule has 0 unspecified atom stereocenters. The number of urea groups is 1. The predicted octanol–water partition coefficient (Wildman–Crippen LogP) is 3.37. The molecule has 1 aliphatic rings. The van der Waals surface area contributed by atoms with Crippen LogP contribution in [0.15, 0.2) is 42.6 Å². The largest absolute Gasteiger partial charge is 0.477 e. The minimum absolute atomic E-state index is 0.112. The Hall–Kier alpha value is -2.76. The summed E-state index contributed by atoms with van der Waals surface area (Å²) in [4.78, 5) is 23.1. The van der Waals surface area contributed by atoms with Crippen LogP contribution in [0.1, 0.15) is 53.7 Å². The molecular formula is C20H25N3O3. The number of aromatic nitrogens is 1. The first-order valence-corrected chi connectivity index (χ1v) is 9.12. The first-order valence-electron chi connectivity index (χ1n) is 9.12. The van der Waals surface area contributed by atoms with Crippen LogP contribution in [0.2, 0.25) is 0 Å². The van der Waals surface area contributed by atoms with E-state index < -0.39 is 5.97 Å². The highest BCUT2D eigenvalue weighted by atomic mass is 16.4. The van der Waals surface area contributed by atoms with Crippen LogP contribution in [0.3, 0.4) is 0 Å². The van der Waals surface area contributed by atoms with E-state index in [1.54, 1.807) is 22.9 Å². The first kappa shape index (κ1) is 18.0. The zero-order valence-electron chi connectivity index (χ0n) is 14.8. The number of carbonyl (C=O) groups excluding carboxylic acids is 1. The lowest BCUT2D eigenvalue weighted by atomic mass is 9.96. The number of aromatic carboxylic acids is 1. The van der Waals surface area contributed by atoms with Gasteiger partial charge in [-0.05, 0) is 36.1 Å². The maximum absolute atomic E-state index is 12.0. The van der Waals surface area contributed by atoms with Gasteiger partial charge >= 0.3 is 12.0 Å². The summed E-state index contributed by atoms with van der Waals surface area (Å²) < 4.78 is 1.70. The number of carbonyl (C=O) groups is 2. The first-order chi connectivity index (χ1) is 12.6. The molecule has 0 spiro atoms. The van der Waals surface area contributed by atoms with E-state index in [0.29, 0.717) is 19.1 Å². The molecule has 26 heavy (non-hydrogen) atoms. The Labute approximate surface area is 153 Å². The molecule has 0 saturated heterocycles. The number of carboxylic acid groups (broad SMARTS) is 1. The SMILES string of the molecule is O=C(NCc1ccc(Cn2cccc2C(=O)O)cc1)NC1CCCCC1. The van der Waals surface area contributed by atoms with Gasteiger partial charge in [0.05, 0.1) is 0 Å². The molecule has 138 valence electrons. The summed E-state index contributed by atoms with van der Waals surface area (Å²) in [6.07, 6.45) is 7.55. The van der Waals surface area contributed by atoms with Gasteiger partial charge in [-0.2, -0.15) is 0 Å². The van der Waals surface area contributed by atoms with E-state index in [-0.39, 0.29) is 11.7 Å². The van der Waals surface area contributed by atoms with Crippen LogP contribution in [0.5, 0.6) is 0 Å². The van der Waals surface area contributed by atoms with Crippen molar-refractivity contribution in [2.24, 2.45) is 0 Å². The van der Waals surface area contributed by atoms with E-state index in [2.05, 4.69) is 10.6 Å². The number of nitrogens with one attached hydrogen (secondary N) is 2. The molecule has 0 radical (unpaired) electrons. The summed E-state index contributed by atoms with van der Waals surface area (Å²) >= 11 is 0. The zero-order chi connectivity index (χ0) is 18.4. The number of hydrogen-bond donors (Lipinski definition) is 3. The van der Waals surface area contributed by atoms with Crippen molar-refractivity contribution in [3.63, 3.8) is 0 Å². The molecule has 2 aromatic rings. The van der Waals surface area contributed by atoms with E-state index in [1.165, 1.54) is 19.3 Å². The van der Waals surface area contributed by atoms with E-state index in [0.717, 1.165) is 24.0 Å². The van der Waals surface area contributed by atoms with Crippen molar-refractivity contribution >= 4 is 12.0 Å². The van der Waals surface area contributed by atoms with Crippen molar-refractivity contribution in [2.75, 3.05) is 0 Å². The van der Waals surface area contributed by atoms with Crippen molar-refractivity contribution in [3.05, 3.63) is 59.4 Å². The average Bonchev–Trinajstić information content (AvgIpc) is 3.10. The Bertz CT molecular complexity index is 746. The van der Waals surface area contributed by atoms with Crippen LogP contribution in [0.25, 0.3) is 0 Å². The highest BCUT2D eigenvalue weighted by Crippen LogP contribution is 2.17. The fraction of sp³-hybridized carbons (Fsp3) is 0.400. The number of hydrogen-bond acceptors (Lipinski definition) is 2. The topological polar surface area (TPSA) is 83.4 Å². The summed E-state index contributed by atoms with van der Waals surface area (Å²) in [7, 11) is 0. The van der Waals surface area contributed by atoms with Gasteiger partial charge in [0.2, 0.25) is 0 Å². The van der Waals surface area contributed by atoms with Crippen LogP contribution in [-0.2, 0) is 13.1 Å². The monoisotopic (exact) mass is 355 g/mol. The minimum atomic E-state index is -0.931. The number of nitrogens with zero attached hydrogens (tertiary/aromatic N) is 1. The molecular weight excluding hydrogens is 330 g/mol. The summed E-state index contributed by atoms with van der Waals surface area (Å²) in [5, 5.41) is 15.1. The van der Waals surface area contributed by atoms with Crippen LogP contribution in [0.4, 0.5) is 4.79 Å². The molecule has 0 bridgehead atoms. The molecule has 1 saturated carbocycles. The van der Waals surface area contributed by atoms with E-state index in [9.17, 15) is 9.59 Å². The Morgan fingerprint density at radius 3 is 2.42 bits per heavy atom. The van der Waals surface area contributed by atoms with Gasteiger partial charge < -0.3 is 20.3 Å². The number of rotatable bonds is 6. The van der Waals surface area contributed by atoms with Crippen LogP contribution < -0.4 is 10.6 Å². The molecule has 3 rings (SSSR count). The Morgan fingerprint density at radius 2 is 1.73 bits per heavy atom. The highest BCUT2D eigenvalue weighted by molar-refractivity contribution is 5.85. The molecule has 3 N–H and O–H groups in total. The van der Waals surface area contributed by atoms with Gasteiger partial charge in [-0.25, -0.2) is 9.59 Å². The second-order valence-corrected chi connectivity index (χ2v) is 6.80. The smallest absolute Gasteiger partial charge is 0.352 e. The maximum Gasteiger partial charge on any atom is 0.352 e. The molecule has 0 aliphatic heterocycles. The van der Waals surface area contributed by atoms with Gasteiger partial charge in [-0.15, -0.1) is 0 Å². The quantitative estimate of drug-likeness (QED) is 0.743. The van der Waals surface area contributed by atoms with E-state index >= 15 is 0 Å². The Balaban J connectivity index is 1.49. The van der Waals surface area contributed by atoms with Gasteiger partial charge in [0.1, 0.15) is 5.69 Å². The van der Waals surface area contributed by atoms with E-state index in [4.69, 9.17) is 5.11 Å². The molecule has 1 aromatic heterocycles. The molecule has 6 heteroatoms. The molecule has 1 heterocycles. The zero-order valence-corrected chi connectivity index (χ0v) is 14.8. The molecule has 1 aromatic carbocycles. The van der Waals surface area contributed by atoms with Gasteiger partial charge in [-0.1, -0.05) is 43.5 Å². The highest BCUT2D eigenvalue weighted by Gasteiger charge is 2.15. The molecule has 0 atom stereocenters. The standard InChI is InChI=1S/C20H25N3O3/c24-19(25)18-7-4-12-23(18)14-16-10-8-15(9-11-16)13-21-20(26)22-17-5-2-1-3-6-17/h4,7-12,17H,1-3,5-6,13-14H2,(H,24,25)(H2,21,22,26). The third-order valence-electron chi connectivity index (χ3n) is 4.82. The van der Waals surface area contributed by atoms with Gasteiger partial charge in [-0.3, -0.25) is 0 Å². The normalized spacial score (nSPS) is 14.8. The molecule has 2 amide bonds. The fourth-order valence-electron chi connectivity index (χ4n) is 3.37. The van der Waals surface area contributed by atoms with Crippen molar-refractivity contribution in [2.45, 2.75) is 51.2 Å². The maximum atomic E-state index is 12.0. The van der Waals surface area contributed by atoms with Crippen molar-refractivity contribution in [1.29, 1.82) is 0 Å². The summed E-state index contributed by atoms with van der Waals surface area (Å²) in [6, 6.07) is 11.3. The molecule has 6 nitrogen and oxygen atoms in total. The van der Waals surface area contributed by atoms with Crippen molar-refractivity contribution < 1.29 is 14.7 Å². The second-order valence-electron chi connectivity index (χ2n) is 6.80. The Kier molecular flexibility index (Phi) is 5.94. The van der Waals surface area contributed by atoms with E-state index in [1.807, 2.05) is 24.3 Å². The summed E-state index contributed by atoms with van der Waals surface area (Å²) in [5.41, 5.74) is 2.30. The van der Waals surface area contributed by atoms with Gasteiger partial charge in [0.25, 0.3) is 0 Å². The van der Waals surface area contributed by atoms with Crippen LogP contribution in [-0.4, -0.2) is 27.7 Å². The summed E-state index contributed by atoms with van der Waals surface area (Å²) in [5.74, 6) is -0.931. The van der Waals surface area contributed by atoms with Crippen LogP contribution >= 0.6 is 0 Å².